The van der Waals surface area contributed by atoms with Crippen LogP contribution in [-0.4, -0.2) is 13.2 Å². The molecule has 3 nitrogen and oxygen atoms in total. The Balaban J connectivity index is 2.08. The first-order chi connectivity index (χ1) is 10.1. The van der Waals surface area contributed by atoms with E-state index in [0.717, 1.165) is 16.9 Å². The summed E-state index contributed by atoms with van der Waals surface area (Å²) in [6, 6.07) is 16.1. The molecule has 0 fully saturated rings. The second-order valence-electron chi connectivity index (χ2n) is 5.35. The van der Waals surface area contributed by atoms with Crippen LogP contribution >= 0.6 is 0 Å². The summed E-state index contributed by atoms with van der Waals surface area (Å²) in [5.74, 6) is 0.837. The molecule has 2 atom stereocenters. The molecule has 2 unspecified atom stereocenters. The maximum Gasteiger partial charge on any atom is 0.119 e. The van der Waals surface area contributed by atoms with Gasteiger partial charge in [-0.15, -0.1) is 0 Å². The van der Waals surface area contributed by atoms with E-state index in [0.29, 0.717) is 6.61 Å². The molecule has 0 aliphatic heterocycles. The molecule has 0 bridgehead atoms. The van der Waals surface area contributed by atoms with Gasteiger partial charge >= 0.3 is 0 Å². The number of nitrogens with two attached hydrogens (primary N) is 1. The summed E-state index contributed by atoms with van der Waals surface area (Å²) in [4.78, 5) is 0. The van der Waals surface area contributed by atoms with Crippen molar-refractivity contribution in [2.24, 2.45) is 5.73 Å². The van der Waals surface area contributed by atoms with Crippen molar-refractivity contribution < 1.29 is 9.47 Å². The second kappa shape index (κ2) is 7.25. The number of hydrogen-bond donors (Lipinski definition) is 1. The summed E-state index contributed by atoms with van der Waals surface area (Å²) in [5, 5.41) is 0. The zero-order chi connectivity index (χ0) is 15.2. The molecular weight excluding hydrogens is 262 g/mol. The van der Waals surface area contributed by atoms with Crippen molar-refractivity contribution in [1.82, 2.24) is 0 Å². The van der Waals surface area contributed by atoms with E-state index in [1.807, 2.05) is 31.2 Å². The molecule has 2 aromatic rings. The van der Waals surface area contributed by atoms with Gasteiger partial charge in [0, 0.05) is 6.04 Å². The van der Waals surface area contributed by atoms with Crippen LogP contribution in [-0.2, 0) is 11.3 Å². The Bertz CT molecular complexity index is 564. The van der Waals surface area contributed by atoms with Gasteiger partial charge in [-0.1, -0.05) is 42.0 Å². The van der Waals surface area contributed by atoms with Gasteiger partial charge in [0.2, 0.25) is 0 Å². The molecule has 0 radical (unpaired) electrons. The maximum atomic E-state index is 6.08. The molecule has 0 spiro atoms. The van der Waals surface area contributed by atoms with Crippen molar-refractivity contribution in [3.63, 3.8) is 0 Å². The van der Waals surface area contributed by atoms with E-state index in [9.17, 15) is 0 Å². The second-order valence-corrected chi connectivity index (χ2v) is 5.35. The molecule has 0 amide bonds. The first-order valence-corrected chi connectivity index (χ1v) is 7.17. The Labute approximate surface area is 126 Å². The third-order valence-corrected chi connectivity index (χ3v) is 3.45. The molecule has 21 heavy (non-hydrogen) atoms. The zero-order valence-electron chi connectivity index (χ0n) is 12.9. The summed E-state index contributed by atoms with van der Waals surface area (Å²) in [5.41, 5.74) is 9.49. The van der Waals surface area contributed by atoms with Crippen LogP contribution in [0.1, 0.15) is 29.7 Å². The fraction of sp³-hybridized carbons (Fsp3) is 0.333. The lowest BCUT2D eigenvalue weighted by molar-refractivity contribution is 0.0258. The lowest BCUT2D eigenvalue weighted by atomic mass is 10.0. The number of benzene rings is 2. The Morgan fingerprint density at radius 2 is 1.81 bits per heavy atom. The Hall–Kier alpha value is -1.84. The van der Waals surface area contributed by atoms with E-state index in [-0.39, 0.29) is 12.1 Å². The van der Waals surface area contributed by atoms with Gasteiger partial charge in [-0.05, 0) is 37.1 Å². The lowest BCUT2D eigenvalue weighted by Crippen LogP contribution is -2.26. The van der Waals surface area contributed by atoms with Crippen molar-refractivity contribution >= 4 is 0 Å². The largest absolute Gasteiger partial charge is 0.497 e. The van der Waals surface area contributed by atoms with Crippen LogP contribution in [0.3, 0.4) is 0 Å². The standard InChI is InChI=1S/C18H23NO2/c1-13-7-9-16(10-8-13)18(14(2)19)21-12-15-5-4-6-17(11-15)20-3/h4-11,14,18H,12,19H2,1-3H3. The monoisotopic (exact) mass is 285 g/mol. The average Bonchev–Trinajstić information content (AvgIpc) is 2.49. The van der Waals surface area contributed by atoms with Crippen molar-refractivity contribution in [3.8, 4) is 5.75 Å². The molecule has 2 N–H and O–H groups in total. The molecule has 0 aliphatic carbocycles. The quantitative estimate of drug-likeness (QED) is 0.881. The molecule has 0 heterocycles. The molecule has 3 heteroatoms. The van der Waals surface area contributed by atoms with Crippen molar-refractivity contribution in [3.05, 3.63) is 65.2 Å². The molecule has 2 rings (SSSR count). The predicted octanol–water partition coefficient (Wildman–Crippen LogP) is 3.61. The minimum absolute atomic E-state index is 0.0710. The molecule has 0 saturated carbocycles. The van der Waals surface area contributed by atoms with E-state index in [2.05, 4.69) is 31.2 Å². The topological polar surface area (TPSA) is 44.5 Å². The highest BCUT2D eigenvalue weighted by Crippen LogP contribution is 2.23. The summed E-state index contributed by atoms with van der Waals surface area (Å²) < 4.78 is 11.3. The summed E-state index contributed by atoms with van der Waals surface area (Å²) >= 11 is 0. The van der Waals surface area contributed by atoms with Crippen molar-refractivity contribution in [2.75, 3.05) is 7.11 Å². The fourth-order valence-corrected chi connectivity index (χ4v) is 2.26. The van der Waals surface area contributed by atoms with Crippen LogP contribution in [0.15, 0.2) is 48.5 Å². The normalized spacial score (nSPS) is 13.7. The van der Waals surface area contributed by atoms with Crippen molar-refractivity contribution in [1.29, 1.82) is 0 Å². The van der Waals surface area contributed by atoms with E-state index in [1.54, 1.807) is 7.11 Å². The average molecular weight is 285 g/mol. The van der Waals surface area contributed by atoms with E-state index >= 15 is 0 Å². The van der Waals surface area contributed by atoms with Crippen LogP contribution in [0.5, 0.6) is 5.75 Å². The smallest absolute Gasteiger partial charge is 0.119 e. The van der Waals surface area contributed by atoms with Gasteiger partial charge in [0.15, 0.2) is 0 Å². The van der Waals surface area contributed by atoms with Gasteiger partial charge in [-0.2, -0.15) is 0 Å². The van der Waals surface area contributed by atoms with E-state index in [1.165, 1.54) is 5.56 Å². The van der Waals surface area contributed by atoms with Gasteiger partial charge in [0.25, 0.3) is 0 Å². The molecule has 0 aromatic heterocycles. The molecule has 0 saturated heterocycles. The molecular formula is C18H23NO2. The number of methoxy groups -OCH3 is 1. The van der Waals surface area contributed by atoms with Gasteiger partial charge in [-0.3, -0.25) is 0 Å². The Kier molecular flexibility index (Phi) is 5.37. The molecule has 2 aromatic carbocycles. The minimum Gasteiger partial charge on any atom is -0.497 e. The van der Waals surface area contributed by atoms with E-state index in [4.69, 9.17) is 15.2 Å². The summed E-state index contributed by atoms with van der Waals surface area (Å²) in [6.45, 7) is 4.55. The Morgan fingerprint density at radius 3 is 2.43 bits per heavy atom. The van der Waals surface area contributed by atoms with Gasteiger partial charge in [0.05, 0.1) is 19.8 Å². The van der Waals surface area contributed by atoms with E-state index < -0.39 is 0 Å². The predicted molar refractivity (Wildman–Crippen MR) is 85.4 cm³/mol. The SMILES string of the molecule is COc1cccc(COC(c2ccc(C)cc2)C(C)N)c1. The third-order valence-electron chi connectivity index (χ3n) is 3.45. The van der Waals surface area contributed by atoms with Crippen LogP contribution in [0, 0.1) is 6.92 Å². The van der Waals surface area contributed by atoms with Gasteiger partial charge in [-0.25, -0.2) is 0 Å². The summed E-state index contributed by atoms with van der Waals surface area (Å²) in [7, 11) is 1.66. The lowest BCUT2D eigenvalue weighted by Gasteiger charge is -2.22. The zero-order valence-corrected chi connectivity index (χ0v) is 12.9. The van der Waals surface area contributed by atoms with Crippen LogP contribution < -0.4 is 10.5 Å². The third kappa shape index (κ3) is 4.31. The highest BCUT2D eigenvalue weighted by molar-refractivity contribution is 5.28. The molecule has 0 aliphatic rings. The van der Waals surface area contributed by atoms with Crippen LogP contribution in [0.2, 0.25) is 0 Å². The number of rotatable bonds is 6. The highest BCUT2D eigenvalue weighted by atomic mass is 16.5. The number of ether oxygens (including phenoxy) is 2. The Morgan fingerprint density at radius 1 is 1.10 bits per heavy atom. The highest BCUT2D eigenvalue weighted by Gasteiger charge is 2.17. The fourth-order valence-electron chi connectivity index (χ4n) is 2.26. The number of aryl methyl sites for hydroxylation is 1. The minimum atomic E-state index is -0.114. The van der Waals surface area contributed by atoms with Crippen LogP contribution in [0.25, 0.3) is 0 Å². The maximum absolute atomic E-state index is 6.08. The van der Waals surface area contributed by atoms with Gasteiger partial charge < -0.3 is 15.2 Å². The summed E-state index contributed by atoms with van der Waals surface area (Å²) in [6.07, 6.45) is -0.114. The first-order valence-electron chi connectivity index (χ1n) is 7.17. The first kappa shape index (κ1) is 15.5. The number of hydrogen-bond acceptors (Lipinski definition) is 3. The molecule has 112 valence electrons. The van der Waals surface area contributed by atoms with Crippen molar-refractivity contribution in [2.45, 2.75) is 32.6 Å². The van der Waals surface area contributed by atoms with Crippen LogP contribution in [0.4, 0.5) is 0 Å². The van der Waals surface area contributed by atoms with Gasteiger partial charge in [0.1, 0.15) is 5.75 Å².